The summed E-state index contributed by atoms with van der Waals surface area (Å²) in [5.41, 5.74) is 18.8. The Kier molecular flexibility index (Phi) is 49.0. The number of methoxy groups -OCH3 is 3. The maximum Gasteiger partial charge on any atom is 0.402 e. The number of ketones is 4. The van der Waals surface area contributed by atoms with Crippen LogP contribution in [0.1, 0.15) is 296 Å². The highest BCUT2D eigenvalue weighted by Gasteiger charge is 2.64. The Balaban J connectivity index is 0.000000518. The Morgan fingerprint density at radius 1 is 0.336 bits per heavy atom. The van der Waals surface area contributed by atoms with Crippen LogP contribution in [0.3, 0.4) is 0 Å². The Morgan fingerprint density at radius 2 is 0.560 bits per heavy atom. The van der Waals surface area contributed by atoms with Crippen LogP contribution < -0.4 is 9.47 Å². The Bertz CT molecular complexity index is 5130. The van der Waals surface area contributed by atoms with Gasteiger partial charge in [-0.3, -0.25) is 19.2 Å². The molecule has 17 heteroatoms. The van der Waals surface area contributed by atoms with Gasteiger partial charge in [-0.2, -0.15) is 38.1 Å². The van der Waals surface area contributed by atoms with E-state index in [2.05, 4.69) is 226 Å². The second-order valence-electron chi connectivity index (χ2n) is 39.7. The summed E-state index contributed by atoms with van der Waals surface area (Å²) in [6.45, 7) is 48.8. The highest BCUT2D eigenvalue weighted by atomic mass is 32.2. The fraction of sp³-hybridized carbons (Fsp3) is 0.402. The molecule has 134 heavy (non-hydrogen) atoms. The normalized spacial score (nSPS) is 12.6. The van der Waals surface area contributed by atoms with E-state index in [4.69, 9.17) is 9.47 Å². The minimum absolute atomic E-state index is 0.0377. The number of hydrogen-bond donors (Lipinski definition) is 0. The second kappa shape index (κ2) is 54.9. The van der Waals surface area contributed by atoms with E-state index >= 15 is 0 Å². The molecule has 9 nitrogen and oxygen atoms in total. The first-order valence-electron chi connectivity index (χ1n) is 45.4. The zero-order valence-electron chi connectivity index (χ0n) is 85.9. The molecule has 0 N–H and O–H groups in total. The van der Waals surface area contributed by atoms with Crippen molar-refractivity contribution in [1.82, 2.24) is 0 Å². The lowest BCUT2D eigenvalue weighted by molar-refractivity contribution is -0.327. The third-order valence-electron chi connectivity index (χ3n) is 21.7. The molecule has 0 amide bonds. The predicted octanol–water partition coefficient (Wildman–Crippen LogP) is 32.2. The zero-order chi connectivity index (χ0) is 102. The SMILES string of the molecule is CC(C)(C(F)(F)F)C(F)(F)F.CC(C)(C)c1ccc(C(C)(C)C)cc1.CC(C)(C)c1cccc(C(C)(C)C)c1.CC1(C)CCCCC1.CC1(C)c2ccccc2-c2ccccc21.CCC.COC.COc1ccc(OC)cc1.CS(C)(=O)=O.CSC.Cc1ccc(C(=O)c2ccc(C(=O)c3ccc(C)cc3)cc2)cc1.Cc1ccc(C(=O)c2cccc(C(=O)c3ccc(C)cc3)c2)cc1. The quantitative estimate of drug-likeness (QED) is 0.0963. The molecule has 0 spiro atoms. The van der Waals surface area contributed by atoms with Crippen LogP contribution in [0.2, 0.25) is 0 Å². The van der Waals surface area contributed by atoms with Gasteiger partial charge in [-0.25, -0.2) is 8.42 Å². The van der Waals surface area contributed by atoms with E-state index in [1.165, 1.54) is 83.0 Å². The molecule has 728 valence electrons. The maximum atomic E-state index is 12.6. The fourth-order valence-corrected chi connectivity index (χ4v) is 13.0. The summed E-state index contributed by atoms with van der Waals surface area (Å²) in [6, 6.07) is 86.4. The van der Waals surface area contributed by atoms with Gasteiger partial charge in [0, 0.05) is 76.7 Å². The fourth-order valence-electron chi connectivity index (χ4n) is 13.0. The molecule has 0 saturated heterocycles. The topological polar surface area (TPSA) is 130 Å². The predicted molar refractivity (Wildman–Crippen MR) is 554 cm³/mol. The third kappa shape index (κ3) is 41.8. The van der Waals surface area contributed by atoms with Gasteiger partial charge in [0.2, 0.25) is 0 Å². The molecule has 0 atom stereocenters. The molecule has 11 aromatic rings. The van der Waals surface area contributed by atoms with Crippen LogP contribution in [0.4, 0.5) is 26.3 Å². The molecular formula is C117H152F6O9S2. The molecule has 0 unspecified atom stereocenters. The minimum Gasteiger partial charge on any atom is -0.497 e. The van der Waals surface area contributed by atoms with Crippen molar-refractivity contribution in [3.8, 4) is 22.6 Å². The van der Waals surface area contributed by atoms with Gasteiger partial charge in [0.05, 0.1) is 14.2 Å². The molecule has 0 aliphatic heterocycles. The number of alkyl halides is 6. The molecule has 0 aromatic heterocycles. The first-order valence-corrected chi connectivity index (χ1v) is 49.3. The summed E-state index contributed by atoms with van der Waals surface area (Å²) in [5, 5.41) is 0. The molecule has 11 aromatic carbocycles. The van der Waals surface area contributed by atoms with E-state index in [-0.39, 0.29) is 64.1 Å². The van der Waals surface area contributed by atoms with Gasteiger partial charge in [-0.1, -0.05) is 409 Å². The summed E-state index contributed by atoms with van der Waals surface area (Å²) in [5.74, 6) is 1.47. The highest BCUT2D eigenvalue weighted by Crippen LogP contribution is 2.50. The Hall–Kier alpha value is -10.5. The number of ether oxygens (including phenoxy) is 3. The van der Waals surface area contributed by atoms with E-state index < -0.39 is 27.6 Å². The van der Waals surface area contributed by atoms with E-state index in [1.54, 1.807) is 88.7 Å². The number of carbonyl (C=O) groups excluding carboxylic acids is 4. The van der Waals surface area contributed by atoms with Crippen LogP contribution in [0.15, 0.2) is 267 Å². The number of fused-ring (bicyclic) bond motifs is 3. The summed E-state index contributed by atoms with van der Waals surface area (Å²) in [4.78, 5) is 50.1. The van der Waals surface area contributed by atoms with E-state index in [0.717, 1.165) is 46.3 Å². The van der Waals surface area contributed by atoms with Gasteiger partial charge in [0.15, 0.2) is 28.5 Å². The largest absolute Gasteiger partial charge is 0.497 e. The number of hydrogen-bond acceptors (Lipinski definition) is 10. The van der Waals surface area contributed by atoms with E-state index in [0.29, 0.717) is 49.9 Å². The third-order valence-corrected chi connectivity index (χ3v) is 21.7. The van der Waals surface area contributed by atoms with Gasteiger partial charge < -0.3 is 14.2 Å². The second-order valence-corrected chi connectivity index (χ2v) is 42.8. The van der Waals surface area contributed by atoms with Crippen molar-refractivity contribution in [3.05, 3.63) is 367 Å². The number of sulfone groups is 1. The number of aryl methyl sites for hydroxylation is 4. The lowest BCUT2D eigenvalue weighted by Crippen LogP contribution is -2.44. The van der Waals surface area contributed by atoms with Crippen molar-refractivity contribution in [1.29, 1.82) is 0 Å². The van der Waals surface area contributed by atoms with Crippen molar-refractivity contribution < 1.29 is 68.1 Å². The number of rotatable bonds is 10. The molecule has 0 heterocycles. The van der Waals surface area contributed by atoms with E-state index in [9.17, 15) is 53.9 Å². The van der Waals surface area contributed by atoms with E-state index in [1.807, 2.05) is 162 Å². The molecular weight excluding hydrogens is 1730 g/mol. The van der Waals surface area contributed by atoms with Crippen LogP contribution in [0.25, 0.3) is 11.1 Å². The molecule has 0 bridgehead atoms. The van der Waals surface area contributed by atoms with Crippen molar-refractivity contribution in [2.75, 3.05) is 53.5 Å². The van der Waals surface area contributed by atoms with Crippen LogP contribution in [-0.2, 0) is 41.6 Å². The van der Waals surface area contributed by atoms with Gasteiger partial charge >= 0.3 is 12.4 Å². The molecule has 2 aliphatic rings. The van der Waals surface area contributed by atoms with Crippen molar-refractivity contribution in [3.63, 3.8) is 0 Å². The Morgan fingerprint density at radius 3 is 0.769 bits per heavy atom. The Labute approximate surface area is 805 Å². The standard InChI is InChI=1S/2C22H18O2.C15H14.2C14H22.C8H10O2.C8H16.C5H6F6.C3H8.C2H6O2S.C2H6O.C2H6S/c1-15-3-7-17(8-4-15)21(23)19-11-13-20(14-12-19)22(24)18-9-5-16(2)6-10-18;1-15-6-10-17(11-7-15)21(23)19-4-3-5-20(14-19)22(24)18-12-8-16(2)9-13-18;1-15(2)13-9-5-3-7-11(13)12-8-4-6-10-14(12)15;1-13(2,3)11-7-9-12(10-8-11)14(4,5)6;1-13(2,3)11-8-7-9-12(10-11)14(4,5)6;1-9-7-3-5-8(10-2)6-4-7;1-8(2)6-4-3-5-7-8;1-3(2,4(6,7)8)5(9,10)11;1-3-2;1-5(2,3)4;2*1-3-2/h2*3-14H,1-2H3;3-10H,1-2H3;2*7-10H,1-6H3;3-6H,1-2H3;3-7H2,1-2H3;1-2H3;3H2,1-2H3;1-2H3;2*1-2H3. The number of thioether (sulfide) groups is 1. The molecule has 1 fully saturated rings. The van der Waals surface area contributed by atoms with Crippen LogP contribution in [-0.4, -0.2) is 97.4 Å². The van der Waals surface area contributed by atoms with Crippen molar-refractivity contribution in [2.24, 2.45) is 10.8 Å². The molecule has 13 rings (SSSR count). The minimum atomic E-state index is -5.24. The van der Waals surface area contributed by atoms with Crippen molar-refractivity contribution >= 4 is 44.7 Å². The molecule has 0 radical (unpaired) electrons. The highest BCUT2D eigenvalue weighted by molar-refractivity contribution is 7.97. The lowest BCUT2D eigenvalue weighted by atomic mass is 9.78. The smallest absolute Gasteiger partial charge is 0.402 e. The van der Waals surface area contributed by atoms with Crippen LogP contribution in [0, 0.1) is 38.5 Å². The van der Waals surface area contributed by atoms with Gasteiger partial charge in [0.1, 0.15) is 21.3 Å². The molecule has 2 aliphatic carbocycles. The number of benzene rings is 11. The number of halogens is 6. The monoisotopic (exact) mass is 1880 g/mol. The number of carbonyl (C=O) groups is 4. The van der Waals surface area contributed by atoms with Crippen molar-refractivity contribution in [2.45, 2.75) is 244 Å². The van der Waals surface area contributed by atoms with Gasteiger partial charge in [-0.05, 0) is 169 Å². The van der Waals surface area contributed by atoms with Gasteiger partial charge in [-0.15, -0.1) is 0 Å². The summed E-state index contributed by atoms with van der Waals surface area (Å²) in [7, 11) is 3.86. The summed E-state index contributed by atoms with van der Waals surface area (Å²) >= 11 is 1.75. The lowest BCUT2D eigenvalue weighted by Gasteiger charge is -2.29. The maximum absolute atomic E-state index is 12.6. The molecule has 1 saturated carbocycles. The van der Waals surface area contributed by atoms with Gasteiger partial charge in [0.25, 0.3) is 0 Å². The van der Waals surface area contributed by atoms with Crippen LogP contribution >= 0.6 is 11.8 Å². The average Bonchev–Trinajstić information content (AvgIpc) is 1.58. The van der Waals surface area contributed by atoms with Crippen LogP contribution in [0.5, 0.6) is 11.5 Å². The first kappa shape index (κ1) is 120. The summed E-state index contributed by atoms with van der Waals surface area (Å²) in [6.07, 6.45) is 4.47. The zero-order valence-corrected chi connectivity index (χ0v) is 87.5. The average molecular weight is 1880 g/mol. The summed E-state index contributed by atoms with van der Waals surface area (Å²) < 4.78 is 103. The first-order chi connectivity index (χ1) is 62.0.